The Balaban J connectivity index is 1.90. The number of benzene rings is 1. The Bertz CT molecular complexity index is 633. The summed E-state index contributed by atoms with van der Waals surface area (Å²) < 4.78 is 4.55. The molecule has 7 heteroatoms. The van der Waals surface area contributed by atoms with Crippen molar-refractivity contribution < 1.29 is 9.53 Å². The van der Waals surface area contributed by atoms with E-state index in [-0.39, 0.29) is 5.69 Å². The van der Waals surface area contributed by atoms with E-state index in [0.717, 1.165) is 12.0 Å². The molecule has 0 aliphatic carbocycles. The van der Waals surface area contributed by atoms with Gasteiger partial charge in [0.25, 0.3) is 0 Å². The zero-order valence-corrected chi connectivity index (χ0v) is 12.8. The number of aromatic nitrogens is 2. The van der Waals surface area contributed by atoms with Crippen molar-refractivity contribution >= 4 is 35.0 Å². The van der Waals surface area contributed by atoms with E-state index < -0.39 is 5.97 Å². The molecule has 2 aromatic rings. The zero-order valence-electron chi connectivity index (χ0n) is 11.3. The monoisotopic (exact) mass is 325 g/mol. The number of nitrogens with zero attached hydrogens (tertiary/aromatic N) is 2. The maximum Gasteiger partial charge on any atom is 0.358 e. The van der Waals surface area contributed by atoms with Gasteiger partial charge < -0.3 is 10.1 Å². The molecule has 0 atom stereocenters. The molecule has 21 heavy (non-hydrogen) atoms. The second kappa shape index (κ2) is 7.24. The molecule has 0 spiro atoms. The molecule has 1 aromatic heterocycles. The van der Waals surface area contributed by atoms with Gasteiger partial charge in [-0.2, -0.15) is 0 Å². The van der Waals surface area contributed by atoms with Gasteiger partial charge in [0.1, 0.15) is 5.82 Å². The lowest BCUT2D eigenvalue weighted by Gasteiger charge is -2.07. The molecule has 0 saturated carbocycles. The van der Waals surface area contributed by atoms with Crippen molar-refractivity contribution in [3.8, 4) is 0 Å². The van der Waals surface area contributed by atoms with Crippen LogP contribution in [0.5, 0.6) is 0 Å². The Hall–Kier alpha value is -1.85. The minimum Gasteiger partial charge on any atom is -0.464 e. The van der Waals surface area contributed by atoms with Gasteiger partial charge in [-0.25, -0.2) is 4.79 Å². The Kier molecular flexibility index (Phi) is 5.36. The van der Waals surface area contributed by atoms with Crippen LogP contribution in [0, 0.1) is 0 Å². The number of hydrogen-bond donors (Lipinski definition) is 1. The molecule has 0 unspecified atom stereocenters. The fraction of sp³-hybridized carbons (Fsp3) is 0.214. The van der Waals surface area contributed by atoms with E-state index in [1.165, 1.54) is 7.11 Å². The van der Waals surface area contributed by atoms with E-state index in [0.29, 0.717) is 22.4 Å². The molecule has 5 nitrogen and oxygen atoms in total. The first-order chi connectivity index (χ1) is 10.1. The van der Waals surface area contributed by atoms with E-state index in [9.17, 15) is 4.79 Å². The molecule has 2 rings (SSSR count). The predicted molar refractivity (Wildman–Crippen MR) is 82.0 cm³/mol. The lowest BCUT2D eigenvalue weighted by molar-refractivity contribution is 0.0593. The summed E-state index contributed by atoms with van der Waals surface area (Å²) in [6.45, 7) is 0.633. The van der Waals surface area contributed by atoms with Gasteiger partial charge in [0.15, 0.2) is 5.69 Å². The van der Waals surface area contributed by atoms with Crippen molar-refractivity contribution in [2.75, 3.05) is 19.0 Å². The maximum absolute atomic E-state index is 11.2. The molecule has 0 amide bonds. The summed E-state index contributed by atoms with van der Waals surface area (Å²) in [4.78, 5) is 11.2. The fourth-order valence-corrected chi connectivity index (χ4v) is 2.19. The topological polar surface area (TPSA) is 64.1 Å². The van der Waals surface area contributed by atoms with Crippen LogP contribution in [0.25, 0.3) is 0 Å². The van der Waals surface area contributed by atoms with E-state index in [4.69, 9.17) is 23.2 Å². The quantitative estimate of drug-likeness (QED) is 0.855. The lowest BCUT2D eigenvalue weighted by Crippen LogP contribution is -2.10. The fourth-order valence-electron chi connectivity index (χ4n) is 1.69. The molecule has 1 N–H and O–H groups in total. The van der Waals surface area contributed by atoms with Gasteiger partial charge in [0, 0.05) is 16.6 Å². The van der Waals surface area contributed by atoms with Crippen molar-refractivity contribution in [2.24, 2.45) is 0 Å². The molecular formula is C14H13Cl2N3O2. The van der Waals surface area contributed by atoms with Gasteiger partial charge in [0.2, 0.25) is 0 Å². The zero-order chi connectivity index (χ0) is 15.2. The van der Waals surface area contributed by atoms with Gasteiger partial charge >= 0.3 is 5.97 Å². The number of halogens is 2. The summed E-state index contributed by atoms with van der Waals surface area (Å²) in [7, 11) is 1.30. The molecule has 0 saturated heterocycles. The van der Waals surface area contributed by atoms with Crippen LogP contribution in [0.15, 0.2) is 30.3 Å². The Morgan fingerprint density at radius 2 is 2.05 bits per heavy atom. The Labute approximate surface area is 132 Å². The maximum atomic E-state index is 11.2. The van der Waals surface area contributed by atoms with Crippen LogP contribution >= 0.6 is 23.2 Å². The second-order valence-electron chi connectivity index (χ2n) is 4.21. The number of hydrogen-bond acceptors (Lipinski definition) is 5. The van der Waals surface area contributed by atoms with Crippen molar-refractivity contribution in [1.29, 1.82) is 0 Å². The third kappa shape index (κ3) is 4.31. The summed E-state index contributed by atoms with van der Waals surface area (Å²) in [6, 6.07) is 8.62. The van der Waals surface area contributed by atoms with Crippen LogP contribution in [0.4, 0.5) is 5.82 Å². The number of anilines is 1. The van der Waals surface area contributed by atoms with Crippen molar-refractivity contribution in [3.63, 3.8) is 0 Å². The third-order valence-electron chi connectivity index (χ3n) is 2.77. The predicted octanol–water partition coefficient (Wildman–Crippen LogP) is 3.22. The molecule has 0 fully saturated rings. The first-order valence-electron chi connectivity index (χ1n) is 6.20. The minimum atomic E-state index is -0.512. The van der Waals surface area contributed by atoms with Crippen LogP contribution < -0.4 is 5.32 Å². The number of carbonyl (C=O) groups is 1. The molecular weight excluding hydrogens is 313 g/mol. The highest BCUT2D eigenvalue weighted by Crippen LogP contribution is 2.21. The number of esters is 1. The van der Waals surface area contributed by atoms with Crippen LogP contribution in [-0.2, 0) is 11.2 Å². The van der Waals surface area contributed by atoms with Gasteiger partial charge in [-0.15, -0.1) is 10.2 Å². The van der Waals surface area contributed by atoms with Crippen molar-refractivity contribution in [1.82, 2.24) is 10.2 Å². The first-order valence-corrected chi connectivity index (χ1v) is 6.95. The van der Waals surface area contributed by atoms with Gasteiger partial charge in [-0.05, 0) is 36.2 Å². The largest absolute Gasteiger partial charge is 0.464 e. The SMILES string of the molecule is COC(=O)c1ccc(NCCc2ccc(Cl)cc2Cl)nn1. The molecule has 1 heterocycles. The number of rotatable bonds is 5. The van der Waals surface area contributed by atoms with Gasteiger partial charge in [-0.3, -0.25) is 0 Å². The first kappa shape index (κ1) is 15.5. The third-order valence-corrected chi connectivity index (χ3v) is 3.36. The molecule has 0 aliphatic heterocycles. The highest BCUT2D eigenvalue weighted by molar-refractivity contribution is 6.35. The van der Waals surface area contributed by atoms with Crippen molar-refractivity contribution in [3.05, 3.63) is 51.6 Å². The highest BCUT2D eigenvalue weighted by atomic mass is 35.5. The van der Waals surface area contributed by atoms with Crippen LogP contribution in [0.2, 0.25) is 10.0 Å². The summed E-state index contributed by atoms with van der Waals surface area (Å²) in [5.41, 5.74) is 1.16. The van der Waals surface area contributed by atoms with E-state index in [2.05, 4.69) is 20.3 Å². The average molecular weight is 326 g/mol. The van der Waals surface area contributed by atoms with Crippen molar-refractivity contribution in [2.45, 2.75) is 6.42 Å². The standard InChI is InChI=1S/C14H13Cl2N3O2/c1-21-14(20)12-4-5-13(19-18-12)17-7-6-9-2-3-10(15)8-11(9)16/h2-5,8H,6-7H2,1H3,(H,17,19). The Morgan fingerprint density at radius 3 is 2.67 bits per heavy atom. The Morgan fingerprint density at radius 1 is 1.24 bits per heavy atom. The molecule has 110 valence electrons. The number of ether oxygens (including phenoxy) is 1. The second-order valence-corrected chi connectivity index (χ2v) is 5.05. The molecule has 0 radical (unpaired) electrons. The molecule has 0 bridgehead atoms. The van der Waals surface area contributed by atoms with E-state index >= 15 is 0 Å². The van der Waals surface area contributed by atoms with E-state index in [1.54, 1.807) is 24.3 Å². The lowest BCUT2D eigenvalue weighted by atomic mass is 10.1. The number of carbonyl (C=O) groups excluding carboxylic acids is 1. The summed E-state index contributed by atoms with van der Waals surface area (Å²) >= 11 is 11.9. The van der Waals surface area contributed by atoms with Gasteiger partial charge in [-0.1, -0.05) is 29.3 Å². The van der Waals surface area contributed by atoms with Crippen LogP contribution in [-0.4, -0.2) is 29.8 Å². The van der Waals surface area contributed by atoms with Crippen LogP contribution in [0.1, 0.15) is 16.1 Å². The average Bonchev–Trinajstić information content (AvgIpc) is 2.49. The summed E-state index contributed by atoms with van der Waals surface area (Å²) in [5, 5.41) is 12.0. The number of methoxy groups -OCH3 is 1. The minimum absolute atomic E-state index is 0.170. The highest BCUT2D eigenvalue weighted by Gasteiger charge is 2.07. The molecule has 0 aliphatic rings. The molecule has 1 aromatic carbocycles. The van der Waals surface area contributed by atoms with Crippen LogP contribution in [0.3, 0.4) is 0 Å². The summed E-state index contributed by atoms with van der Waals surface area (Å²) in [5.74, 6) is 0.0646. The van der Waals surface area contributed by atoms with Gasteiger partial charge in [0.05, 0.1) is 7.11 Å². The normalized spacial score (nSPS) is 10.2. The van der Waals surface area contributed by atoms with E-state index in [1.807, 2.05) is 6.07 Å². The summed E-state index contributed by atoms with van der Waals surface area (Å²) in [6.07, 6.45) is 0.719. The number of nitrogens with one attached hydrogen (secondary N) is 1. The smallest absolute Gasteiger partial charge is 0.358 e.